The second-order valence-electron chi connectivity index (χ2n) is 4.83. The zero-order valence-corrected chi connectivity index (χ0v) is 11.6. The van der Waals surface area contributed by atoms with Crippen molar-refractivity contribution in [1.82, 2.24) is 5.32 Å². The minimum atomic E-state index is 0. The summed E-state index contributed by atoms with van der Waals surface area (Å²) in [4.78, 5) is 11.8. The van der Waals surface area contributed by atoms with E-state index in [0.717, 1.165) is 25.7 Å². The van der Waals surface area contributed by atoms with Gasteiger partial charge in [-0.15, -0.1) is 12.4 Å². The number of carbonyl (C=O) groups is 1. The first kappa shape index (κ1) is 16.7. The summed E-state index contributed by atoms with van der Waals surface area (Å²) in [7, 11) is 0. The third-order valence-corrected chi connectivity index (χ3v) is 2.94. The molecule has 3 N–H and O–H groups in total. The Morgan fingerprint density at radius 3 is 2.76 bits per heavy atom. The van der Waals surface area contributed by atoms with Crippen molar-refractivity contribution < 1.29 is 9.53 Å². The van der Waals surface area contributed by atoms with Crippen LogP contribution in [0.5, 0.6) is 0 Å². The lowest BCUT2D eigenvalue weighted by Gasteiger charge is -2.25. The minimum Gasteiger partial charge on any atom is -0.377 e. The first-order valence-corrected chi connectivity index (χ1v) is 6.24. The molecule has 0 aliphatic heterocycles. The largest absolute Gasteiger partial charge is 0.377 e. The van der Waals surface area contributed by atoms with Gasteiger partial charge in [0.1, 0.15) is 0 Å². The summed E-state index contributed by atoms with van der Waals surface area (Å²) in [5.41, 5.74) is 5.85. The topological polar surface area (TPSA) is 64.3 Å². The number of hydrogen-bond acceptors (Lipinski definition) is 3. The van der Waals surface area contributed by atoms with E-state index in [1.54, 1.807) is 0 Å². The van der Waals surface area contributed by atoms with E-state index in [4.69, 9.17) is 10.5 Å². The SMILES string of the molecule is CC(C)OCCNC(=O)C1CCCC(N)C1.Cl. The Hall–Kier alpha value is -0.320. The molecule has 0 aromatic rings. The average molecular weight is 265 g/mol. The van der Waals surface area contributed by atoms with Crippen molar-refractivity contribution in [2.45, 2.75) is 51.7 Å². The molecule has 0 bridgehead atoms. The van der Waals surface area contributed by atoms with Gasteiger partial charge in [-0.2, -0.15) is 0 Å². The Balaban J connectivity index is 0.00000256. The van der Waals surface area contributed by atoms with Gasteiger partial charge >= 0.3 is 0 Å². The third-order valence-electron chi connectivity index (χ3n) is 2.94. The molecule has 17 heavy (non-hydrogen) atoms. The van der Waals surface area contributed by atoms with Crippen molar-refractivity contribution in [3.8, 4) is 0 Å². The molecular weight excluding hydrogens is 240 g/mol. The van der Waals surface area contributed by atoms with Crippen LogP contribution in [0, 0.1) is 5.92 Å². The van der Waals surface area contributed by atoms with Gasteiger partial charge in [-0.05, 0) is 33.1 Å². The predicted molar refractivity (Wildman–Crippen MR) is 71.3 cm³/mol. The van der Waals surface area contributed by atoms with Crippen LogP contribution in [-0.2, 0) is 9.53 Å². The van der Waals surface area contributed by atoms with Crippen molar-refractivity contribution in [1.29, 1.82) is 0 Å². The minimum absolute atomic E-state index is 0. The van der Waals surface area contributed by atoms with E-state index in [0.29, 0.717) is 13.2 Å². The Morgan fingerprint density at radius 1 is 1.47 bits per heavy atom. The van der Waals surface area contributed by atoms with Crippen LogP contribution in [0.3, 0.4) is 0 Å². The van der Waals surface area contributed by atoms with Crippen molar-refractivity contribution >= 4 is 18.3 Å². The van der Waals surface area contributed by atoms with E-state index in [9.17, 15) is 4.79 Å². The van der Waals surface area contributed by atoms with E-state index in [-0.39, 0.29) is 36.4 Å². The Labute approximate surface area is 110 Å². The maximum absolute atomic E-state index is 11.8. The van der Waals surface area contributed by atoms with Gasteiger partial charge in [0, 0.05) is 18.5 Å². The van der Waals surface area contributed by atoms with Crippen molar-refractivity contribution in [3.05, 3.63) is 0 Å². The van der Waals surface area contributed by atoms with E-state index in [2.05, 4.69) is 5.32 Å². The molecule has 0 aromatic heterocycles. The van der Waals surface area contributed by atoms with Crippen LogP contribution in [0.4, 0.5) is 0 Å². The standard InChI is InChI=1S/C12H24N2O2.ClH/c1-9(2)16-7-6-14-12(15)10-4-3-5-11(13)8-10;/h9-11H,3-8,13H2,1-2H3,(H,14,15);1H. The van der Waals surface area contributed by atoms with Crippen LogP contribution in [0.2, 0.25) is 0 Å². The summed E-state index contributed by atoms with van der Waals surface area (Å²) in [6.07, 6.45) is 4.16. The zero-order valence-electron chi connectivity index (χ0n) is 10.8. The highest BCUT2D eigenvalue weighted by molar-refractivity contribution is 5.85. The van der Waals surface area contributed by atoms with Gasteiger partial charge in [-0.1, -0.05) is 6.42 Å². The smallest absolute Gasteiger partial charge is 0.223 e. The van der Waals surface area contributed by atoms with Gasteiger partial charge in [-0.25, -0.2) is 0 Å². The maximum Gasteiger partial charge on any atom is 0.223 e. The number of carbonyl (C=O) groups excluding carboxylic acids is 1. The van der Waals surface area contributed by atoms with Gasteiger partial charge in [0.05, 0.1) is 12.7 Å². The summed E-state index contributed by atoms with van der Waals surface area (Å²) >= 11 is 0. The molecule has 5 heteroatoms. The fraction of sp³-hybridized carbons (Fsp3) is 0.917. The molecular formula is C12H25ClN2O2. The molecule has 0 radical (unpaired) electrons. The van der Waals surface area contributed by atoms with E-state index in [1.807, 2.05) is 13.8 Å². The number of amides is 1. The molecule has 4 nitrogen and oxygen atoms in total. The van der Waals surface area contributed by atoms with Gasteiger partial charge in [0.15, 0.2) is 0 Å². The van der Waals surface area contributed by atoms with Gasteiger partial charge in [0.2, 0.25) is 5.91 Å². The lowest BCUT2D eigenvalue weighted by atomic mass is 9.85. The van der Waals surface area contributed by atoms with E-state index < -0.39 is 0 Å². The second-order valence-corrected chi connectivity index (χ2v) is 4.83. The van der Waals surface area contributed by atoms with Crippen molar-refractivity contribution in [2.75, 3.05) is 13.2 Å². The summed E-state index contributed by atoms with van der Waals surface area (Å²) in [5.74, 6) is 0.255. The third kappa shape index (κ3) is 6.86. The Morgan fingerprint density at radius 2 is 2.18 bits per heavy atom. The fourth-order valence-electron chi connectivity index (χ4n) is 2.08. The number of nitrogens with one attached hydrogen (secondary N) is 1. The molecule has 1 saturated carbocycles. The number of hydrogen-bond donors (Lipinski definition) is 2. The van der Waals surface area contributed by atoms with E-state index in [1.165, 1.54) is 0 Å². The highest BCUT2D eigenvalue weighted by Crippen LogP contribution is 2.22. The predicted octanol–water partition coefficient (Wildman–Crippen LogP) is 1.47. The normalized spacial score (nSPS) is 24.2. The number of ether oxygens (including phenoxy) is 1. The highest BCUT2D eigenvalue weighted by Gasteiger charge is 2.24. The first-order valence-electron chi connectivity index (χ1n) is 6.24. The molecule has 0 saturated heterocycles. The van der Waals surface area contributed by atoms with Gasteiger partial charge < -0.3 is 15.8 Å². The quantitative estimate of drug-likeness (QED) is 0.739. The molecule has 0 aromatic carbocycles. The molecule has 1 aliphatic rings. The van der Waals surface area contributed by atoms with Crippen LogP contribution < -0.4 is 11.1 Å². The van der Waals surface area contributed by atoms with Crippen LogP contribution in [0.1, 0.15) is 39.5 Å². The van der Waals surface area contributed by atoms with Crippen molar-refractivity contribution in [3.63, 3.8) is 0 Å². The summed E-state index contributed by atoms with van der Waals surface area (Å²) in [5, 5.41) is 2.91. The number of nitrogens with two attached hydrogens (primary N) is 1. The molecule has 2 unspecified atom stereocenters. The monoisotopic (exact) mass is 264 g/mol. The molecule has 1 amide bonds. The molecule has 0 spiro atoms. The van der Waals surface area contributed by atoms with Crippen molar-refractivity contribution in [2.24, 2.45) is 11.7 Å². The summed E-state index contributed by atoms with van der Waals surface area (Å²) < 4.78 is 5.36. The molecule has 1 rings (SSSR count). The van der Waals surface area contributed by atoms with Gasteiger partial charge in [0.25, 0.3) is 0 Å². The zero-order chi connectivity index (χ0) is 12.0. The average Bonchev–Trinajstić information content (AvgIpc) is 2.24. The molecule has 1 fully saturated rings. The summed E-state index contributed by atoms with van der Waals surface area (Å²) in [6, 6.07) is 0.205. The van der Waals surface area contributed by atoms with Crippen LogP contribution >= 0.6 is 12.4 Å². The molecule has 1 aliphatic carbocycles. The maximum atomic E-state index is 11.8. The first-order chi connectivity index (χ1) is 7.59. The molecule has 0 heterocycles. The number of rotatable bonds is 5. The fourth-order valence-corrected chi connectivity index (χ4v) is 2.08. The highest BCUT2D eigenvalue weighted by atomic mass is 35.5. The molecule has 2 atom stereocenters. The van der Waals surface area contributed by atoms with E-state index >= 15 is 0 Å². The van der Waals surface area contributed by atoms with Crippen LogP contribution in [0.25, 0.3) is 0 Å². The summed E-state index contributed by atoms with van der Waals surface area (Å²) in [6.45, 7) is 5.16. The lowest BCUT2D eigenvalue weighted by Crippen LogP contribution is -2.39. The number of halogens is 1. The lowest BCUT2D eigenvalue weighted by molar-refractivity contribution is -0.126. The van der Waals surface area contributed by atoms with Crippen LogP contribution in [-0.4, -0.2) is 31.2 Å². The molecule has 102 valence electrons. The van der Waals surface area contributed by atoms with Gasteiger partial charge in [-0.3, -0.25) is 4.79 Å². The Kier molecular flexibility index (Phi) is 8.56. The van der Waals surface area contributed by atoms with Crippen LogP contribution in [0.15, 0.2) is 0 Å². The Bertz CT molecular complexity index is 225. The second kappa shape index (κ2) is 8.72.